The fraction of sp³-hybridized carbons (Fsp3) is 0.929. The smallest absolute Gasteiger partial charge is 0.303 e. The van der Waals surface area contributed by atoms with E-state index in [1.807, 2.05) is 0 Å². The van der Waals surface area contributed by atoms with E-state index in [-0.39, 0.29) is 0 Å². The van der Waals surface area contributed by atoms with E-state index in [1.165, 1.54) is 0 Å². The number of esters is 1. The Hall–Kier alpha value is -0.690. The van der Waals surface area contributed by atoms with Crippen LogP contribution >= 0.6 is 0 Å². The molecule has 2 atom stereocenters. The molecule has 0 amide bonds. The lowest BCUT2D eigenvalue weighted by Gasteiger charge is -2.58. The van der Waals surface area contributed by atoms with Crippen molar-refractivity contribution < 1.29 is 26.9 Å². The van der Waals surface area contributed by atoms with Gasteiger partial charge in [0.15, 0.2) is 6.10 Å². The molecule has 0 saturated heterocycles. The van der Waals surface area contributed by atoms with Gasteiger partial charge < -0.3 is 4.74 Å². The molecular formula is C14H21FO5S. The first kappa shape index (κ1) is 15.2. The quantitative estimate of drug-likeness (QED) is 0.635. The number of hydrogen-bond donors (Lipinski definition) is 1. The average molecular weight is 320 g/mol. The Morgan fingerprint density at radius 1 is 1.19 bits per heavy atom. The maximum absolute atomic E-state index is 14.3. The van der Waals surface area contributed by atoms with E-state index in [2.05, 4.69) is 0 Å². The molecule has 0 aromatic carbocycles. The zero-order valence-corrected chi connectivity index (χ0v) is 12.8. The van der Waals surface area contributed by atoms with Crippen LogP contribution < -0.4 is 0 Å². The molecule has 4 rings (SSSR count). The van der Waals surface area contributed by atoms with Gasteiger partial charge in [0.05, 0.1) is 0 Å². The lowest BCUT2D eigenvalue weighted by molar-refractivity contribution is -0.176. The van der Waals surface area contributed by atoms with Crippen molar-refractivity contribution in [1.82, 2.24) is 0 Å². The predicted octanol–water partition coefficient (Wildman–Crippen LogP) is 2.32. The summed E-state index contributed by atoms with van der Waals surface area (Å²) in [6.45, 7) is 1.14. The van der Waals surface area contributed by atoms with Crippen LogP contribution in [0, 0.1) is 23.2 Å². The first-order valence-electron chi connectivity index (χ1n) is 7.47. The van der Waals surface area contributed by atoms with E-state index >= 15 is 0 Å². The van der Waals surface area contributed by atoms with Gasteiger partial charge in [-0.25, -0.2) is 4.39 Å². The van der Waals surface area contributed by atoms with E-state index in [4.69, 9.17) is 9.29 Å². The van der Waals surface area contributed by atoms with Crippen molar-refractivity contribution in [2.75, 3.05) is 0 Å². The summed E-state index contributed by atoms with van der Waals surface area (Å²) >= 11 is 0. The molecular weight excluding hydrogens is 299 g/mol. The van der Waals surface area contributed by atoms with Crippen molar-refractivity contribution in [2.24, 2.45) is 23.2 Å². The van der Waals surface area contributed by atoms with Crippen molar-refractivity contribution in [3.05, 3.63) is 0 Å². The summed E-state index contributed by atoms with van der Waals surface area (Å²) in [5.41, 5.74) is -3.19. The normalized spacial score (nSPS) is 40.8. The van der Waals surface area contributed by atoms with Gasteiger partial charge in [-0.15, -0.1) is 0 Å². The van der Waals surface area contributed by atoms with Gasteiger partial charge in [0.1, 0.15) is 0 Å². The van der Waals surface area contributed by atoms with Crippen molar-refractivity contribution in [2.45, 2.75) is 57.1 Å². The Kier molecular flexibility index (Phi) is 3.56. The van der Waals surface area contributed by atoms with E-state index in [0.717, 1.165) is 26.2 Å². The molecule has 4 bridgehead atoms. The second kappa shape index (κ2) is 4.91. The molecule has 1 N–H and O–H groups in total. The summed E-state index contributed by atoms with van der Waals surface area (Å²) in [6, 6.07) is 0. The van der Waals surface area contributed by atoms with Gasteiger partial charge in [-0.2, -0.15) is 8.42 Å². The van der Waals surface area contributed by atoms with Crippen molar-refractivity contribution in [3.8, 4) is 0 Å². The first-order valence-corrected chi connectivity index (χ1v) is 8.97. The molecule has 21 heavy (non-hydrogen) atoms. The Morgan fingerprint density at radius 2 is 1.62 bits per heavy atom. The van der Waals surface area contributed by atoms with Crippen LogP contribution in [0.4, 0.5) is 4.39 Å². The van der Waals surface area contributed by atoms with Crippen LogP contribution in [-0.4, -0.2) is 30.5 Å². The number of carbonyl (C=O) groups is 1. The first-order chi connectivity index (χ1) is 9.69. The van der Waals surface area contributed by atoms with Crippen LogP contribution in [0.1, 0.15) is 45.4 Å². The standard InChI is InChI=1S/C14H21FO5S/c1-8(16)20-12(13(15)21(17,18)19)14-5-9-2-10(6-14)4-11(3-9)7-14/h9-13H,2-7H2,1H3,(H,17,18,19). The SMILES string of the molecule is CC(=O)OC(C(F)S(=O)(=O)O)C12CC3CC(CC(C3)C1)C2. The zero-order valence-electron chi connectivity index (χ0n) is 12.0. The highest BCUT2D eigenvalue weighted by atomic mass is 32.2. The number of ether oxygens (including phenoxy) is 1. The van der Waals surface area contributed by atoms with Gasteiger partial charge in [-0.05, 0) is 56.3 Å². The lowest BCUT2D eigenvalue weighted by Crippen LogP contribution is -2.56. The lowest BCUT2D eigenvalue weighted by atomic mass is 9.48. The maximum Gasteiger partial charge on any atom is 0.303 e. The molecule has 0 aliphatic heterocycles. The topological polar surface area (TPSA) is 80.7 Å². The molecule has 7 heteroatoms. The summed E-state index contributed by atoms with van der Waals surface area (Å²) in [4.78, 5) is 11.3. The molecule has 0 aromatic rings. The highest BCUT2D eigenvalue weighted by molar-refractivity contribution is 7.86. The monoisotopic (exact) mass is 320 g/mol. The molecule has 4 fully saturated rings. The number of hydrogen-bond acceptors (Lipinski definition) is 4. The highest BCUT2D eigenvalue weighted by Crippen LogP contribution is 2.62. The summed E-state index contributed by atoms with van der Waals surface area (Å²) in [5.74, 6) is 0.677. The minimum atomic E-state index is -4.89. The van der Waals surface area contributed by atoms with Gasteiger partial charge in [0.2, 0.25) is 0 Å². The molecule has 0 radical (unpaired) electrons. The molecule has 4 aliphatic carbocycles. The van der Waals surface area contributed by atoms with Crippen LogP contribution in [0.3, 0.4) is 0 Å². The largest absolute Gasteiger partial charge is 0.458 e. The number of halogens is 1. The second-order valence-corrected chi connectivity index (χ2v) is 8.66. The molecule has 0 spiro atoms. The average Bonchev–Trinajstić information content (AvgIpc) is 2.32. The van der Waals surface area contributed by atoms with Crippen molar-refractivity contribution >= 4 is 16.1 Å². The van der Waals surface area contributed by atoms with E-state index in [9.17, 15) is 17.6 Å². The summed E-state index contributed by atoms with van der Waals surface area (Å²) in [7, 11) is -4.89. The third-order valence-electron chi connectivity index (χ3n) is 5.50. The summed E-state index contributed by atoms with van der Waals surface area (Å²) in [6.07, 6.45) is 3.99. The maximum atomic E-state index is 14.3. The fourth-order valence-corrected chi connectivity index (χ4v) is 5.97. The van der Waals surface area contributed by atoms with E-state index < -0.39 is 33.1 Å². The van der Waals surface area contributed by atoms with Crippen molar-refractivity contribution in [3.63, 3.8) is 0 Å². The van der Waals surface area contributed by atoms with Gasteiger partial charge in [-0.3, -0.25) is 9.35 Å². The van der Waals surface area contributed by atoms with Crippen LogP contribution in [0.2, 0.25) is 0 Å². The summed E-state index contributed by atoms with van der Waals surface area (Å²) in [5, 5.41) is 0. The predicted molar refractivity (Wildman–Crippen MR) is 72.6 cm³/mol. The van der Waals surface area contributed by atoms with Crippen LogP contribution in [-0.2, 0) is 19.6 Å². The number of carbonyl (C=O) groups excluding carboxylic acids is 1. The molecule has 5 nitrogen and oxygen atoms in total. The van der Waals surface area contributed by atoms with Gasteiger partial charge >= 0.3 is 16.1 Å². The Bertz CT molecular complexity index is 508. The molecule has 0 aromatic heterocycles. The van der Waals surface area contributed by atoms with Gasteiger partial charge in [-0.1, -0.05) is 0 Å². The third-order valence-corrected chi connectivity index (χ3v) is 6.32. The minimum absolute atomic E-state index is 0.461. The number of rotatable bonds is 4. The third kappa shape index (κ3) is 2.70. The second-order valence-electron chi connectivity index (χ2n) is 7.18. The van der Waals surface area contributed by atoms with E-state index in [0.29, 0.717) is 37.0 Å². The molecule has 4 saturated carbocycles. The van der Waals surface area contributed by atoms with Crippen molar-refractivity contribution in [1.29, 1.82) is 0 Å². The molecule has 4 aliphatic rings. The fourth-order valence-electron chi connectivity index (χ4n) is 5.32. The highest BCUT2D eigenvalue weighted by Gasteiger charge is 2.59. The number of alkyl halides is 1. The van der Waals surface area contributed by atoms with Gasteiger partial charge in [0.25, 0.3) is 5.50 Å². The Balaban J connectivity index is 1.94. The molecule has 0 heterocycles. The van der Waals surface area contributed by atoms with E-state index in [1.54, 1.807) is 0 Å². The molecule has 120 valence electrons. The Labute approximate surface area is 124 Å². The van der Waals surface area contributed by atoms with Gasteiger partial charge in [0, 0.05) is 12.3 Å². The van der Waals surface area contributed by atoms with Crippen LogP contribution in [0.5, 0.6) is 0 Å². The Morgan fingerprint density at radius 3 is 1.95 bits per heavy atom. The van der Waals surface area contributed by atoms with Crippen LogP contribution in [0.25, 0.3) is 0 Å². The minimum Gasteiger partial charge on any atom is -0.458 e. The molecule has 2 unspecified atom stereocenters. The van der Waals surface area contributed by atoms with Crippen LogP contribution in [0.15, 0.2) is 0 Å². The zero-order chi connectivity index (χ0) is 15.4. The summed E-state index contributed by atoms with van der Waals surface area (Å²) < 4.78 is 50.9.